The van der Waals surface area contributed by atoms with E-state index in [0.29, 0.717) is 24.5 Å². The van der Waals surface area contributed by atoms with Gasteiger partial charge in [-0.3, -0.25) is 4.79 Å². The summed E-state index contributed by atoms with van der Waals surface area (Å²) in [6.45, 7) is 2.71. The molecule has 104 valence electrons. The average Bonchev–Trinajstić information content (AvgIpc) is 2.44. The lowest BCUT2D eigenvalue weighted by molar-refractivity contribution is -0.140. The summed E-state index contributed by atoms with van der Waals surface area (Å²) >= 11 is 5.20. The highest BCUT2D eigenvalue weighted by atomic mass is 32.1. The number of rotatable bonds is 6. The molecule has 1 aromatic carbocycles. The molecule has 0 unspecified atom stereocenters. The molecular weight excluding hydrogens is 260 g/mol. The van der Waals surface area contributed by atoms with E-state index in [4.69, 9.17) is 12.2 Å². The standard InChI is InChI=1S/C14H20N2O2S/c1-11(12-7-4-3-5-8-12)16-14(19)15-10-6-9-13(17)18-2/h3-5,7-8,11H,6,9-10H2,1-2H3,(H2,15,16,19)/t11-/m1/s1. The minimum absolute atomic E-state index is 0.154. The highest BCUT2D eigenvalue weighted by Crippen LogP contribution is 2.10. The second kappa shape index (κ2) is 8.48. The summed E-state index contributed by atoms with van der Waals surface area (Å²) in [6, 6.07) is 10.2. The third-order valence-corrected chi connectivity index (χ3v) is 2.98. The summed E-state index contributed by atoms with van der Waals surface area (Å²) in [5.74, 6) is -0.196. The van der Waals surface area contributed by atoms with Gasteiger partial charge in [-0.05, 0) is 31.1 Å². The minimum Gasteiger partial charge on any atom is -0.469 e. The van der Waals surface area contributed by atoms with Crippen molar-refractivity contribution in [3.8, 4) is 0 Å². The van der Waals surface area contributed by atoms with Crippen LogP contribution in [0.25, 0.3) is 0 Å². The van der Waals surface area contributed by atoms with E-state index in [2.05, 4.69) is 34.4 Å². The monoisotopic (exact) mass is 280 g/mol. The second-order valence-electron chi connectivity index (χ2n) is 4.21. The Morgan fingerprint density at radius 3 is 2.68 bits per heavy atom. The molecule has 0 aliphatic heterocycles. The molecular formula is C14H20N2O2S. The lowest BCUT2D eigenvalue weighted by Gasteiger charge is -2.17. The smallest absolute Gasteiger partial charge is 0.305 e. The van der Waals surface area contributed by atoms with Crippen molar-refractivity contribution in [2.75, 3.05) is 13.7 Å². The number of thiocarbonyl (C=S) groups is 1. The zero-order chi connectivity index (χ0) is 14.1. The Balaban J connectivity index is 2.22. The van der Waals surface area contributed by atoms with Crippen LogP contribution in [0.3, 0.4) is 0 Å². The molecule has 0 fully saturated rings. The number of carbonyl (C=O) groups excluding carboxylic acids is 1. The summed E-state index contributed by atoms with van der Waals surface area (Å²) in [7, 11) is 1.39. The molecule has 1 aromatic rings. The summed E-state index contributed by atoms with van der Waals surface area (Å²) < 4.78 is 4.56. The van der Waals surface area contributed by atoms with Crippen molar-refractivity contribution in [3.05, 3.63) is 35.9 Å². The van der Waals surface area contributed by atoms with Crippen molar-refractivity contribution < 1.29 is 9.53 Å². The van der Waals surface area contributed by atoms with Gasteiger partial charge in [-0.25, -0.2) is 0 Å². The Kier molecular flexibility index (Phi) is 6.89. The fourth-order valence-electron chi connectivity index (χ4n) is 1.61. The van der Waals surface area contributed by atoms with Crippen LogP contribution < -0.4 is 10.6 Å². The van der Waals surface area contributed by atoms with Gasteiger partial charge in [0.25, 0.3) is 0 Å². The Morgan fingerprint density at radius 2 is 2.05 bits per heavy atom. The van der Waals surface area contributed by atoms with Crippen LogP contribution in [0.4, 0.5) is 0 Å². The number of nitrogens with one attached hydrogen (secondary N) is 2. The van der Waals surface area contributed by atoms with Gasteiger partial charge in [0.15, 0.2) is 5.11 Å². The van der Waals surface area contributed by atoms with Crippen LogP contribution in [0.15, 0.2) is 30.3 Å². The summed E-state index contributed by atoms with van der Waals surface area (Å²) in [4.78, 5) is 10.9. The lowest BCUT2D eigenvalue weighted by Crippen LogP contribution is -2.37. The van der Waals surface area contributed by atoms with E-state index in [9.17, 15) is 4.79 Å². The molecule has 0 heterocycles. The number of benzene rings is 1. The van der Waals surface area contributed by atoms with Crippen LogP contribution in [0.1, 0.15) is 31.4 Å². The quantitative estimate of drug-likeness (QED) is 0.475. The highest BCUT2D eigenvalue weighted by molar-refractivity contribution is 7.80. The van der Waals surface area contributed by atoms with E-state index in [1.54, 1.807) is 0 Å². The normalized spacial score (nSPS) is 11.5. The Bertz CT molecular complexity index is 409. The summed E-state index contributed by atoms with van der Waals surface area (Å²) in [5, 5.41) is 6.88. The van der Waals surface area contributed by atoms with Crippen LogP contribution in [0.5, 0.6) is 0 Å². The summed E-state index contributed by atoms with van der Waals surface area (Å²) in [6.07, 6.45) is 1.11. The number of esters is 1. The van der Waals surface area contributed by atoms with Crippen molar-refractivity contribution in [3.63, 3.8) is 0 Å². The Labute approximate surface area is 119 Å². The van der Waals surface area contributed by atoms with Gasteiger partial charge in [0.2, 0.25) is 0 Å². The van der Waals surface area contributed by atoms with Crippen LogP contribution in [-0.2, 0) is 9.53 Å². The number of carbonyl (C=O) groups is 1. The first kappa shape index (κ1) is 15.4. The zero-order valence-electron chi connectivity index (χ0n) is 11.3. The fraction of sp³-hybridized carbons (Fsp3) is 0.429. The van der Waals surface area contributed by atoms with Crippen molar-refractivity contribution in [2.45, 2.75) is 25.8 Å². The van der Waals surface area contributed by atoms with Crippen LogP contribution in [0, 0.1) is 0 Å². The minimum atomic E-state index is -0.196. The maximum atomic E-state index is 10.9. The predicted octanol–water partition coefficient (Wildman–Crippen LogP) is 2.16. The maximum absolute atomic E-state index is 10.9. The molecule has 0 aromatic heterocycles. The third kappa shape index (κ3) is 6.20. The number of hydrogen-bond donors (Lipinski definition) is 2. The molecule has 0 aliphatic rings. The molecule has 4 nitrogen and oxygen atoms in total. The van der Waals surface area contributed by atoms with Crippen molar-refractivity contribution >= 4 is 23.3 Å². The molecule has 0 aliphatic carbocycles. The van der Waals surface area contributed by atoms with Gasteiger partial charge in [-0.1, -0.05) is 30.3 Å². The van der Waals surface area contributed by atoms with E-state index >= 15 is 0 Å². The molecule has 1 rings (SSSR count). The molecule has 0 amide bonds. The Morgan fingerprint density at radius 1 is 1.37 bits per heavy atom. The number of ether oxygens (including phenoxy) is 1. The first-order valence-corrected chi connectivity index (χ1v) is 6.70. The second-order valence-corrected chi connectivity index (χ2v) is 4.62. The highest BCUT2D eigenvalue weighted by Gasteiger charge is 2.06. The first-order chi connectivity index (χ1) is 9.13. The first-order valence-electron chi connectivity index (χ1n) is 6.29. The summed E-state index contributed by atoms with van der Waals surface area (Å²) in [5.41, 5.74) is 1.18. The lowest BCUT2D eigenvalue weighted by atomic mass is 10.1. The van der Waals surface area contributed by atoms with Gasteiger partial charge in [0, 0.05) is 13.0 Å². The Hall–Kier alpha value is -1.62. The largest absolute Gasteiger partial charge is 0.469 e. The zero-order valence-corrected chi connectivity index (χ0v) is 12.1. The maximum Gasteiger partial charge on any atom is 0.305 e. The van der Waals surface area contributed by atoms with Gasteiger partial charge in [0.1, 0.15) is 0 Å². The molecule has 1 atom stereocenters. The van der Waals surface area contributed by atoms with Gasteiger partial charge in [-0.15, -0.1) is 0 Å². The molecule has 0 radical (unpaired) electrons. The molecule has 0 spiro atoms. The topological polar surface area (TPSA) is 50.4 Å². The average molecular weight is 280 g/mol. The molecule has 0 bridgehead atoms. The SMILES string of the molecule is COC(=O)CCCNC(=S)N[C@H](C)c1ccccc1. The van der Waals surface area contributed by atoms with Crippen LogP contribution in [0.2, 0.25) is 0 Å². The molecule has 5 heteroatoms. The van der Waals surface area contributed by atoms with Crippen LogP contribution in [-0.4, -0.2) is 24.7 Å². The number of hydrogen-bond acceptors (Lipinski definition) is 3. The van der Waals surface area contributed by atoms with E-state index in [-0.39, 0.29) is 12.0 Å². The van der Waals surface area contributed by atoms with E-state index in [1.807, 2.05) is 18.2 Å². The molecule has 19 heavy (non-hydrogen) atoms. The van der Waals surface area contributed by atoms with Gasteiger partial charge < -0.3 is 15.4 Å². The molecule has 0 saturated heterocycles. The molecule has 2 N–H and O–H groups in total. The molecule has 0 saturated carbocycles. The predicted molar refractivity (Wildman–Crippen MR) is 79.8 cm³/mol. The van der Waals surface area contributed by atoms with Crippen molar-refractivity contribution in [1.29, 1.82) is 0 Å². The van der Waals surface area contributed by atoms with Gasteiger partial charge >= 0.3 is 5.97 Å². The number of methoxy groups -OCH3 is 1. The van der Waals surface area contributed by atoms with Gasteiger partial charge in [0.05, 0.1) is 13.2 Å². The van der Waals surface area contributed by atoms with E-state index in [1.165, 1.54) is 12.7 Å². The fourth-order valence-corrected chi connectivity index (χ4v) is 1.89. The van der Waals surface area contributed by atoms with Crippen molar-refractivity contribution in [1.82, 2.24) is 10.6 Å². The van der Waals surface area contributed by atoms with Crippen LogP contribution >= 0.6 is 12.2 Å². The van der Waals surface area contributed by atoms with Crippen molar-refractivity contribution in [2.24, 2.45) is 0 Å². The van der Waals surface area contributed by atoms with E-state index < -0.39 is 0 Å². The van der Waals surface area contributed by atoms with E-state index in [0.717, 1.165) is 0 Å². The third-order valence-electron chi connectivity index (χ3n) is 2.72. The van der Waals surface area contributed by atoms with Gasteiger partial charge in [-0.2, -0.15) is 0 Å².